The number of aliphatic hydroxyl groups excluding tert-OH is 2. The number of alkyl carbamates (subject to hydrolysis) is 1. The van der Waals surface area contributed by atoms with E-state index in [1.807, 2.05) is 43.3 Å². The fourth-order valence-electron chi connectivity index (χ4n) is 4.44. The molecule has 0 radical (unpaired) electrons. The minimum absolute atomic E-state index is 0.00983. The zero-order valence-electron chi connectivity index (χ0n) is 18.7. The smallest absolute Gasteiger partial charge is 0.407 e. The van der Waals surface area contributed by atoms with Crippen LogP contribution in [0.5, 0.6) is 0 Å². The van der Waals surface area contributed by atoms with Crippen LogP contribution in [0.25, 0.3) is 11.1 Å². The van der Waals surface area contributed by atoms with Crippen molar-refractivity contribution in [2.75, 3.05) is 18.9 Å². The molecule has 0 bridgehead atoms. The number of aliphatic hydroxyl groups is 2. The Morgan fingerprint density at radius 1 is 1.03 bits per heavy atom. The number of amides is 1. The van der Waals surface area contributed by atoms with Gasteiger partial charge in [0.05, 0.1) is 6.10 Å². The van der Waals surface area contributed by atoms with Gasteiger partial charge in [0.25, 0.3) is 0 Å². The van der Waals surface area contributed by atoms with Gasteiger partial charge in [0.15, 0.2) is 0 Å². The predicted octanol–water partition coefficient (Wildman–Crippen LogP) is 4.15. The van der Waals surface area contributed by atoms with Crippen molar-refractivity contribution in [3.05, 3.63) is 89.0 Å². The molecule has 0 spiro atoms. The maximum atomic E-state index is 12.3. The van der Waals surface area contributed by atoms with Gasteiger partial charge in [-0.05, 0) is 46.7 Å². The number of benzene rings is 3. The number of nitrogens with two attached hydrogens (primary N) is 1. The number of fused-ring (bicyclic) bond motifs is 3. The highest BCUT2D eigenvalue weighted by Gasteiger charge is 2.29. The summed E-state index contributed by atoms with van der Waals surface area (Å²) in [4.78, 5) is 12.3. The van der Waals surface area contributed by atoms with Crippen molar-refractivity contribution in [1.29, 1.82) is 0 Å². The second-order valence-electron chi connectivity index (χ2n) is 8.37. The molecule has 0 heterocycles. The lowest BCUT2D eigenvalue weighted by Crippen LogP contribution is -2.31. The highest BCUT2D eigenvalue weighted by molar-refractivity contribution is 5.79. The number of nitrogens with one attached hydrogen (secondary N) is 1. The van der Waals surface area contributed by atoms with E-state index in [9.17, 15) is 15.0 Å². The molecule has 0 aromatic heterocycles. The van der Waals surface area contributed by atoms with Gasteiger partial charge >= 0.3 is 6.09 Å². The highest BCUT2D eigenvalue weighted by atomic mass is 16.5. The van der Waals surface area contributed by atoms with Crippen molar-refractivity contribution in [3.8, 4) is 11.1 Å². The van der Waals surface area contributed by atoms with E-state index >= 15 is 0 Å². The molecule has 1 aliphatic rings. The van der Waals surface area contributed by atoms with Crippen LogP contribution in [0.3, 0.4) is 0 Å². The zero-order valence-corrected chi connectivity index (χ0v) is 18.7. The monoisotopic (exact) mass is 446 g/mol. The lowest BCUT2D eigenvalue weighted by atomic mass is 9.97. The van der Waals surface area contributed by atoms with Crippen LogP contribution in [-0.2, 0) is 11.2 Å². The molecule has 3 aromatic rings. The average molecular weight is 447 g/mol. The SMILES string of the molecule is CCc1ccc(N)c(C(O)C(O)CCNC(=O)OCC2c3ccccc3-c3ccccc32)c1. The molecule has 4 rings (SSSR count). The van der Waals surface area contributed by atoms with Crippen LogP contribution in [0.2, 0.25) is 0 Å². The minimum Gasteiger partial charge on any atom is -0.449 e. The van der Waals surface area contributed by atoms with Crippen LogP contribution >= 0.6 is 0 Å². The molecule has 33 heavy (non-hydrogen) atoms. The topological polar surface area (TPSA) is 105 Å². The zero-order chi connectivity index (χ0) is 23.4. The molecule has 1 amide bonds. The van der Waals surface area contributed by atoms with Gasteiger partial charge in [0, 0.05) is 23.7 Å². The molecule has 172 valence electrons. The summed E-state index contributed by atoms with van der Waals surface area (Å²) < 4.78 is 5.50. The number of hydrogen-bond donors (Lipinski definition) is 4. The van der Waals surface area contributed by atoms with E-state index in [0.717, 1.165) is 23.1 Å². The molecular weight excluding hydrogens is 416 g/mol. The third-order valence-corrected chi connectivity index (χ3v) is 6.30. The lowest BCUT2D eigenvalue weighted by molar-refractivity contribution is 0.0140. The molecule has 0 saturated heterocycles. The van der Waals surface area contributed by atoms with E-state index in [1.54, 1.807) is 6.07 Å². The molecule has 2 atom stereocenters. The Labute approximate surface area is 194 Å². The van der Waals surface area contributed by atoms with Crippen molar-refractivity contribution < 1.29 is 19.7 Å². The summed E-state index contributed by atoms with van der Waals surface area (Å²) in [6.45, 7) is 2.41. The minimum atomic E-state index is -1.12. The van der Waals surface area contributed by atoms with E-state index in [4.69, 9.17) is 10.5 Å². The molecular formula is C27H30N2O4. The third-order valence-electron chi connectivity index (χ3n) is 6.30. The van der Waals surface area contributed by atoms with Crippen LogP contribution < -0.4 is 11.1 Å². The van der Waals surface area contributed by atoms with Crippen LogP contribution in [-0.4, -0.2) is 35.6 Å². The van der Waals surface area contributed by atoms with E-state index in [0.29, 0.717) is 11.3 Å². The van der Waals surface area contributed by atoms with Crippen molar-refractivity contribution >= 4 is 11.8 Å². The number of aryl methyl sites for hydroxylation is 1. The second kappa shape index (κ2) is 10.1. The molecule has 1 aliphatic carbocycles. The Morgan fingerprint density at radius 2 is 1.67 bits per heavy atom. The molecule has 6 heteroatoms. The summed E-state index contributed by atoms with van der Waals surface area (Å²) in [6, 6.07) is 21.8. The quantitative estimate of drug-likeness (QED) is 0.389. The molecule has 0 saturated carbocycles. The first-order chi connectivity index (χ1) is 16.0. The van der Waals surface area contributed by atoms with Gasteiger partial charge in [-0.1, -0.05) is 67.6 Å². The normalized spacial score (nSPS) is 14.3. The number of ether oxygens (including phenoxy) is 1. The largest absolute Gasteiger partial charge is 0.449 e. The first kappa shape index (κ1) is 22.8. The first-order valence-corrected chi connectivity index (χ1v) is 11.3. The van der Waals surface area contributed by atoms with Crippen LogP contribution in [0, 0.1) is 0 Å². The Hall–Kier alpha value is -3.35. The summed E-state index contributed by atoms with van der Waals surface area (Å²) in [5.74, 6) is -0.00983. The number of hydrogen-bond acceptors (Lipinski definition) is 5. The van der Waals surface area contributed by atoms with Gasteiger partial charge in [-0.3, -0.25) is 0 Å². The number of carbonyl (C=O) groups is 1. The average Bonchev–Trinajstić information content (AvgIpc) is 3.16. The number of anilines is 1. The first-order valence-electron chi connectivity index (χ1n) is 11.3. The maximum Gasteiger partial charge on any atom is 0.407 e. The van der Waals surface area contributed by atoms with Crippen LogP contribution in [0.15, 0.2) is 66.7 Å². The fraction of sp³-hybridized carbons (Fsp3) is 0.296. The molecule has 0 fully saturated rings. The standard InChI is InChI=1S/C27H30N2O4/c1-2-17-11-12-24(28)22(15-17)26(31)25(30)13-14-29-27(32)33-16-23-20-9-5-3-7-18(20)19-8-4-6-10-21(19)23/h3-12,15,23,25-26,30-31H,2,13-14,16,28H2,1H3,(H,29,32). The number of carbonyl (C=O) groups excluding carboxylic acids is 1. The van der Waals surface area contributed by atoms with Gasteiger partial charge in [0.2, 0.25) is 0 Å². The van der Waals surface area contributed by atoms with Crippen molar-refractivity contribution in [2.24, 2.45) is 0 Å². The maximum absolute atomic E-state index is 12.3. The predicted molar refractivity (Wildman–Crippen MR) is 129 cm³/mol. The van der Waals surface area contributed by atoms with Crippen molar-refractivity contribution in [3.63, 3.8) is 0 Å². The van der Waals surface area contributed by atoms with Crippen molar-refractivity contribution in [1.82, 2.24) is 5.32 Å². The number of nitrogen functional groups attached to an aromatic ring is 1. The Bertz CT molecular complexity index is 1090. The van der Waals surface area contributed by atoms with Gasteiger partial charge in [-0.15, -0.1) is 0 Å². The molecule has 6 nitrogen and oxygen atoms in total. The summed E-state index contributed by atoms with van der Waals surface area (Å²) in [5, 5.41) is 23.6. The van der Waals surface area contributed by atoms with E-state index in [-0.39, 0.29) is 25.5 Å². The molecule has 3 aromatic carbocycles. The summed E-state index contributed by atoms with van der Waals surface area (Å²) in [5.41, 5.74) is 12.6. The Balaban J connectivity index is 1.29. The molecule has 2 unspecified atom stereocenters. The van der Waals surface area contributed by atoms with Crippen molar-refractivity contribution in [2.45, 2.75) is 37.9 Å². The van der Waals surface area contributed by atoms with Gasteiger partial charge in [0.1, 0.15) is 12.7 Å². The van der Waals surface area contributed by atoms with Crippen LogP contribution in [0.1, 0.15) is 47.6 Å². The van der Waals surface area contributed by atoms with Gasteiger partial charge in [-0.25, -0.2) is 4.79 Å². The van der Waals surface area contributed by atoms with Gasteiger partial charge < -0.3 is 26.0 Å². The van der Waals surface area contributed by atoms with Gasteiger partial charge in [-0.2, -0.15) is 0 Å². The van der Waals surface area contributed by atoms with E-state index in [1.165, 1.54) is 11.1 Å². The lowest BCUT2D eigenvalue weighted by Gasteiger charge is -2.20. The summed E-state index contributed by atoms with van der Waals surface area (Å²) >= 11 is 0. The molecule has 0 aliphatic heterocycles. The summed E-state index contributed by atoms with van der Waals surface area (Å²) in [7, 11) is 0. The number of rotatable bonds is 8. The summed E-state index contributed by atoms with van der Waals surface area (Å²) in [6.07, 6.45) is -1.76. The Morgan fingerprint density at radius 3 is 2.30 bits per heavy atom. The highest BCUT2D eigenvalue weighted by Crippen LogP contribution is 2.44. The van der Waals surface area contributed by atoms with Crippen LogP contribution in [0.4, 0.5) is 10.5 Å². The molecule has 5 N–H and O–H groups in total. The van der Waals surface area contributed by atoms with E-state index < -0.39 is 18.3 Å². The third kappa shape index (κ3) is 4.87. The second-order valence-corrected chi connectivity index (χ2v) is 8.37. The Kier molecular flexibility index (Phi) is 6.96. The fourth-order valence-corrected chi connectivity index (χ4v) is 4.44. The van der Waals surface area contributed by atoms with E-state index in [2.05, 4.69) is 29.6 Å².